The number of carbonyl (C=O) groups excluding carboxylic acids is 1. The molecule has 0 bridgehead atoms. The largest absolute Gasteiger partial charge is 0.235 e. The molecule has 0 N–H and O–H groups in total. The first kappa shape index (κ1) is 12.3. The molecule has 0 radical (unpaired) electrons. The fourth-order valence-corrected chi connectivity index (χ4v) is 2.24. The van der Waals surface area contributed by atoms with Gasteiger partial charge in [-0.1, -0.05) is 0 Å². The molecular formula is C11H7BrF3NO. The van der Waals surface area contributed by atoms with E-state index in [0.29, 0.717) is 12.8 Å². The Morgan fingerprint density at radius 1 is 1.29 bits per heavy atom. The second-order valence-corrected chi connectivity index (χ2v) is 4.73. The van der Waals surface area contributed by atoms with Crippen molar-refractivity contribution in [3.8, 4) is 0 Å². The van der Waals surface area contributed by atoms with Crippen LogP contribution in [0.2, 0.25) is 0 Å². The molecule has 2 rings (SSSR count). The molecule has 0 aromatic heterocycles. The lowest BCUT2D eigenvalue weighted by molar-refractivity contribution is 0.243. The van der Waals surface area contributed by atoms with Crippen LogP contribution in [-0.2, 0) is 10.3 Å². The highest BCUT2D eigenvalue weighted by Gasteiger charge is 2.42. The lowest BCUT2D eigenvalue weighted by Crippen LogP contribution is -2.33. The zero-order valence-corrected chi connectivity index (χ0v) is 10.2. The molecule has 1 saturated carbocycles. The van der Waals surface area contributed by atoms with Gasteiger partial charge < -0.3 is 0 Å². The van der Waals surface area contributed by atoms with Crippen LogP contribution in [0.15, 0.2) is 15.5 Å². The molecule has 0 amide bonds. The number of nitrogens with zero attached hydrogens (tertiary/aromatic N) is 1. The van der Waals surface area contributed by atoms with Gasteiger partial charge >= 0.3 is 0 Å². The Morgan fingerprint density at radius 3 is 2.41 bits per heavy atom. The fourth-order valence-electron chi connectivity index (χ4n) is 1.95. The predicted octanol–water partition coefficient (Wildman–Crippen LogP) is 3.58. The maximum atomic E-state index is 13.7. The minimum atomic E-state index is -1.30. The van der Waals surface area contributed by atoms with Crippen LogP contribution < -0.4 is 0 Å². The second-order valence-electron chi connectivity index (χ2n) is 3.94. The van der Waals surface area contributed by atoms with Crippen LogP contribution in [0.25, 0.3) is 0 Å². The van der Waals surface area contributed by atoms with Crippen LogP contribution >= 0.6 is 15.9 Å². The number of halogens is 4. The van der Waals surface area contributed by atoms with Gasteiger partial charge in [0.15, 0.2) is 11.6 Å². The average molecular weight is 306 g/mol. The topological polar surface area (TPSA) is 29.4 Å². The molecule has 1 aliphatic carbocycles. The summed E-state index contributed by atoms with van der Waals surface area (Å²) in [5.74, 6) is -3.38. The Labute approximate surface area is 104 Å². The molecule has 90 valence electrons. The lowest BCUT2D eigenvalue weighted by atomic mass is 9.72. The molecule has 0 atom stereocenters. The summed E-state index contributed by atoms with van der Waals surface area (Å²) in [6.45, 7) is 0. The standard InChI is InChI=1S/C11H7BrF3NO/c12-8-7(13)4-6(9(14)10(8)15)11(16-5-17)2-1-3-11/h4H,1-3H2. The quantitative estimate of drug-likeness (QED) is 0.355. The van der Waals surface area contributed by atoms with Crippen molar-refractivity contribution in [3.63, 3.8) is 0 Å². The van der Waals surface area contributed by atoms with E-state index >= 15 is 0 Å². The molecule has 17 heavy (non-hydrogen) atoms. The summed E-state index contributed by atoms with van der Waals surface area (Å²) in [5, 5.41) is 0. The molecule has 2 nitrogen and oxygen atoms in total. The monoisotopic (exact) mass is 305 g/mol. The van der Waals surface area contributed by atoms with Crippen LogP contribution in [0.1, 0.15) is 24.8 Å². The van der Waals surface area contributed by atoms with Gasteiger partial charge in [-0.3, -0.25) is 0 Å². The summed E-state index contributed by atoms with van der Waals surface area (Å²) in [6, 6.07) is 0.877. The van der Waals surface area contributed by atoms with Crippen LogP contribution in [0, 0.1) is 17.5 Å². The highest BCUT2D eigenvalue weighted by Crippen LogP contribution is 2.46. The Bertz CT molecular complexity index is 522. The van der Waals surface area contributed by atoms with E-state index in [2.05, 4.69) is 20.9 Å². The van der Waals surface area contributed by atoms with Gasteiger partial charge in [-0.2, -0.15) is 4.99 Å². The maximum Gasteiger partial charge on any atom is 0.235 e. The maximum absolute atomic E-state index is 13.7. The number of aliphatic imine (C=N–C) groups is 1. The molecule has 0 spiro atoms. The number of isocyanates is 1. The van der Waals surface area contributed by atoms with Crippen LogP contribution in [0.3, 0.4) is 0 Å². The molecule has 0 saturated heterocycles. The summed E-state index contributed by atoms with van der Waals surface area (Å²) in [6.07, 6.45) is 2.84. The van der Waals surface area contributed by atoms with E-state index in [4.69, 9.17) is 0 Å². The van der Waals surface area contributed by atoms with Crippen LogP contribution in [-0.4, -0.2) is 6.08 Å². The molecule has 0 aliphatic heterocycles. The first-order valence-corrected chi connectivity index (χ1v) is 5.73. The third-order valence-electron chi connectivity index (χ3n) is 3.04. The molecule has 0 unspecified atom stereocenters. The van der Waals surface area contributed by atoms with Crippen molar-refractivity contribution in [1.82, 2.24) is 0 Å². The SMILES string of the molecule is O=C=NC1(c2cc(F)c(Br)c(F)c2F)CCC1. The van der Waals surface area contributed by atoms with Gasteiger partial charge in [0.2, 0.25) is 6.08 Å². The van der Waals surface area contributed by atoms with Crippen LogP contribution in [0.4, 0.5) is 13.2 Å². The first-order valence-electron chi connectivity index (χ1n) is 4.94. The van der Waals surface area contributed by atoms with Crippen molar-refractivity contribution in [2.24, 2.45) is 4.99 Å². The Kier molecular flexibility index (Phi) is 3.10. The molecule has 1 fully saturated rings. The third-order valence-corrected chi connectivity index (χ3v) is 3.77. The molecule has 0 heterocycles. The van der Waals surface area contributed by atoms with Crippen molar-refractivity contribution in [2.45, 2.75) is 24.8 Å². The average Bonchev–Trinajstić information content (AvgIpc) is 2.26. The van der Waals surface area contributed by atoms with Crippen molar-refractivity contribution in [2.75, 3.05) is 0 Å². The highest BCUT2D eigenvalue weighted by molar-refractivity contribution is 9.10. The molecular weight excluding hydrogens is 299 g/mol. The minimum absolute atomic E-state index is 0.217. The Hall–Kier alpha value is -1.13. The van der Waals surface area contributed by atoms with E-state index in [0.717, 1.165) is 12.5 Å². The van der Waals surface area contributed by atoms with Gasteiger partial charge in [-0.15, -0.1) is 0 Å². The Balaban J connectivity index is 2.63. The smallest absolute Gasteiger partial charge is 0.211 e. The molecule has 6 heteroatoms. The summed E-state index contributed by atoms with van der Waals surface area (Å²) in [5.41, 5.74) is -1.36. The number of hydrogen-bond donors (Lipinski definition) is 0. The van der Waals surface area contributed by atoms with Gasteiger partial charge in [-0.05, 0) is 41.3 Å². The summed E-state index contributed by atoms with van der Waals surface area (Å²) in [4.78, 5) is 13.8. The van der Waals surface area contributed by atoms with E-state index in [1.165, 1.54) is 6.08 Å². The van der Waals surface area contributed by atoms with E-state index in [1.807, 2.05) is 0 Å². The van der Waals surface area contributed by atoms with E-state index < -0.39 is 27.5 Å². The lowest BCUT2D eigenvalue weighted by Gasteiger charge is -2.37. The fraction of sp³-hybridized carbons (Fsp3) is 0.364. The highest BCUT2D eigenvalue weighted by atomic mass is 79.9. The van der Waals surface area contributed by atoms with Gasteiger partial charge in [0, 0.05) is 5.56 Å². The Morgan fingerprint density at radius 2 is 1.94 bits per heavy atom. The van der Waals surface area contributed by atoms with E-state index in [9.17, 15) is 18.0 Å². The van der Waals surface area contributed by atoms with E-state index in [-0.39, 0.29) is 5.56 Å². The van der Waals surface area contributed by atoms with Crippen molar-refractivity contribution in [1.29, 1.82) is 0 Å². The zero-order valence-electron chi connectivity index (χ0n) is 8.57. The van der Waals surface area contributed by atoms with Gasteiger partial charge in [0.25, 0.3) is 0 Å². The molecule has 1 aliphatic rings. The van der Waals surface area contributed by atoms with E-state index in [1.54, 1.807) is 0 Å². The summed E-state index contributed by atoms with van der Waals surface area (Å²) < 4.78 is 39.9. The predicted molar refractivity (Wildman–Crippen MR) is 57.7 cm³/mol. The second kappa shape index (κ2) is 4.27. The first-order chi connectivity index (χ1) is 8.02. The van der Waals surface area contributed by atoms with Gasteiger partial charge in [-0.25, -0.2) is 18.0 Å². The van der Waals surface area contributed by atoms with Crippen molar-refractivity contribution in [3.05, 3.63) is 33.6 Å². The van der Waals surface area contributed by atoms with Gasteiger partial charge in [0.05, 0.1) is 4.47 Å². The molecule has 1 aromatic rings. The summed E-state index contributed by atoms with van der Waals surface area (Å²) in [7, 11) is 0. The normalized spacial score (nSPS) is 17.2. The number of benzene rings is 1. The van der Waals surface area contributed by atoms with Crippen LogP contribution in [0.5, 0.6) is 0 Å². The number of hydrogen-bond acceptors (Lipinski definition) is 2. The van der Waals surface area contributed by atoms with Gasteiger partial charge in [0.1, 0.15) is 11.4 Å². The van der Waals surface area contributed by atoms with Crippen molar-refractivity contribution < 1.29 is 18.0 Å². The third kappa shape index (κ3) is 1.81. The number of rotatable bonds is 2. The minimum Gasteiger partial charge on any atom is -0.211 e. The zero-order chi connectivity index (χ0) is 12.6. The molecule has 1 aromatic carbocycles. The van der Waals surface area contributed by atoms with Crippen molar-refractivity contribution >= 4 is 22.0 Å². The summed E-state index contributed by atoms with van der Waals surface area (Å²) >= 11 is 2.61.